The molecule has 1 rings (SSSR count). The van der Waals surface area contributed by atoms with Crippen molar-refractivity contribution in [2.24, 2.45) is 5.92 Å². The Balaban J connectivity index is 2.43. The summed E-state index contributed by atoms with van der Waals surface area (Å²) < 4.78 is 10.4. The van der Waals surface area contributed by atoms with Gasteiger partial charge >= 0.3 is 5.97 Å². The van der Waals surface area contributed by atoms with E-state index in [4.69, 9.17) is 9.47 Å². The zero-order chi connectivity index (χ0) is 15.8. The molecule has 0 saturated carbocycles. The minimum absolute atomic E-state index is 0.0763. The molecule has 1 aromatic carbocycles. The molecule has 0 radical (unpaired) electrons. The van der Waals surface area contributed by atoms with Crippen LogP contribution in [-0.4, -0.2) is 31.1 Å². The smallest absolute Gasteiger partial charge is 0.338 e. The number of amides is 1. The van der Waals surface area contributed by atoms with Crippen molar-refractivity contribution in [1.29, 1.82) is 0 Å². The zero-order valence-electron chi connectivity index (χ0n) is 13.0. The summed E-state index contributed by atoms with van der Waals surface area (Å²) in [6, 6.07) is 6.64. The average Bonchev–Trinajstić information content (AvgIpc) is 2.42. The summed E-state index contributed by atoms with van der Waals surface area (Å²) in [5.74, 6) is 0.233. The van der Waals surface area contributed by atoms with E-state index in [9.17, 15) is 9.59 Å². The number of esters is 1. The first-order chi connectivity index (χ1) is 9.88. The Morgan fingerprint density at radius 1 is 1.10 bits per heavy atom. The molecule has 0 heterocycles. The van der Waals surface area contributed by atoms with E-state index in [1.54, 1.807) is 24.3 Å². The molecule has 0 saturated heterocycles. The fourth-order valence-corrected chi connectivity index (χ4v) is 1.53. The lowest BCUT2D eigenvalue weighted by Gasteiger charge is -2.10. The standard InChI is InChI=1S/C16H23NO4/c1-11(2)9-17-15(18)10-20-16(19)13-5-7-14(8-6-13)21-12(3)4/h5-8,11-12H,9-10H2,1-4H3,(H,17,18). The maximum absolute atomic E-state index is 11.8. The highest BCUT2D eigenvalue weighted by molar-refractivity contribution is 5.91. The van der Waals surface area contributed by atoms with E-state index in [-0.39, 0.29) is 18.6 Å². The molecule has 0 fully saturated rings. The van der Waals surface area contributed by atoms with Crippen molar-refractivity contribution >= 4 is 11.9 Å². The van der Waals surface area contributed by atoms with Gasteiger partial charge in [0, 0.05) is 6.54 Å². The molecule has 1 aromatic rings. The van der Waals surface area contributed by atoms with Crippen LogP contribution >= 0.6 is 0 Å². The van der Waals surface area contributed by atoms with Gasteiger partial charge in [0.25, 0.3) is 5.91 Å². The van der Waals surface area contributed by atoms with Crippen molar-refractivity contribution in [3.05, 3.63) is 29.8 Å². The predicted octanol–water partition coefficient (Wildman–Crippen LogP) is 2.40. The molecule has 21 heavy (non-hydrogen) atoms. The molecule has 116 valence electrons. The van der Waals surface area contributed by atoms with E-state index in [1.807, 2.05) is 27.7 Å². The summed E-state index contributed by atoms with van der Waals surface area (Å²) in [6.07, 6.45) is 0.0763. The molecule has 5 heteroatoms. The van der Waals surface area contributed by atoms with Crippen LogP contribution in [0.2, 0.25) is 0 Å². The van der Waals surface area contributed by atoms with Crippen molar-refractivity contribution in [1.82, 2.24) is 5.32 Å². The van der Waals surface area contributed by atoms with Gasteiger partial charge in [-0.1, -0.05) is 13.8 Å². The van der Waals surface area contributed by atoms with E-state index >= 15 is 0 Å². The van der Waals surface area contributed by atoms with Gasteiger partial charge in [-0.05, 0) is 44.0 Å². The number of hydrogen-bond acceptors (Lipinski definition) is 4. The van der Waals surface area contributed by atoms with E-state index in [0.717, 1.165) is 0 Å². The number of carbonyl (C=O) groups excluding carboxylic acids is 2. The number of benzene rings is 1. The van der Waals surface area contributed by atoms with Gasteiger partial charge in [-0.3, -0.25) is 4.79 Å². The highest BCUT2D eigenvalue weighted by Crippen LogP contribution is 2.14. The number of nitrogens with one attached hydrogen (secondary N) is 1. The Morgan fingerprint density at radius 2 is 1.71 bits per heavy atom. The third-order valence-electron chi connectivity index (χ3n) is 2.50. The Labute approximate surface area is 125 Å². The topological polar surface area (TPSA) is 64.6 Å². The summed E-state index contributed by atoms with van der Waals surface area (Å²) >= 11 is 0. The van der Waals surface area contributed by atoms with Crippen LogP contribution in [0.25, 0.3) is 0 Å². The van der Waals surface area contributed by atoms with E-state index in [0.29, 0.717) is 23.8 Å². The van der Waals surface area contributed by atoms with Crippen LogP contribution in [0.1, 0.15) is 38.1 Å². The first kappa shape index (κ1) is 17.0. The van der Waals surface area contributed by atoms with Crippen LogP contribution in [0.3, 0.4) is 0 Å². The molecule has 0 unspecified atom stereocenters. The van der Waals surface area contributed by atoms with Crippen molar-refractivity contribution < 1.29 is 19.1 Å². The Kier molecular flexibility index (Phi) is 6.72. The van der Waals surface area contributed by atoms with E-state index in [1.165, 1.54) is 0 Å². The van der Waals surface area contributed by atoms with Gasteiger partial charge in [0.2, 0.25) is 0 Å². The van der Waals surface area contributed by atoms with Gasteiger partial charge in [0.15, 0.2) is 6.61 Å². The van der Waals surface area contributed by atoms with Crippen LogP contribution in [0.5, 0.6) is 5.75 Å². The second-order valence-corrected chi connectivity index (χ2v) is 5.47. The molecule has 0 spiro atoms. The first-order valence-electron chi connectivity index (χ1n) is 7.09. The minimum atomic E-state index is -0.522. The second-order valence-electron chi connectivity index (χ2n) is 5.47. The molecule has 1 N–H and O–H groups in total. The third-order valence-corrected chi connectivity index (χ3v) is 2.50. The van der Waals surface area contributed by atoms with Gasteiger partial charge in [-0.2, -0.15) is 0 Å². The van der Waals surface area contributed by atoms with Gasteiger partial charge in [0.1, 0.15) is 5.75 Å². The van der Waals surface area contributed by atoms with Crippen LogP contribution in [0, 0.1) is 5.92 Å². The summed E-state index contributed by atoms with van der Waals surface area (Å²) in [5, 5.41) is 2.68. The van der Waals surface area contributed by atoms with Crippen molar-refractivity contribution in [2.75, 3.05) is 13.2 Å². The van der Waals surface area contributed by atoms with Crippen LogP contribution < -0.4 is 10.1 Å². The average molecular weight is 293 g/mol. The molecule has 0 aromatic heterocycles. The fourth-order valence-electron chi connectivity index (χ4n) is 1.53. The Hall–Kier alpha value is -2.04. The lowest BCUT2D eigenvalue weighted by atomic mass is 10.2. The molecule has 1 amide bonds. The predicted molar refractivity (Wildman–Crippen MR) is 80.3 cm³/mol. The van der Waals surface area contributed by atoms with Crippen LogP contribution in [0.15, 0.2) is 24.3 Å². The van der Waals surface area contributed by atoms with Gasteiger partial charge < -0.3 is 14.8 Å². The summed E-state index contributed by atoms with van der Waals surface area (Å²) in [6.45, 7) is 8.14. The maximum atomic E-state index is 11.8. The maximum Gasteiger partial charge on any atom is 0.338 e. The van der Waals surface area contributed by atoms with Crippen molar-refractivity contribution in [3.8, 4) is 5.75 Å². The zero-order valence-corrected chi connectivity index (χ0v) is 13.0. The minimum Gasteiger partial charge on any atom is -0.491 e. The van der Waals surface area contributed by atoms with E-state index < -0.39 is 5.97 Å². The molecular formula is C16H23NO4. The summed E-state index contributed by atoms with van der Waals surface area (Å²) in [7, 11) is 0. The quantitative estimate of drug-likeness (QED) is 0.784. The van der Waals surface area contributed by atoms with Gasteiger partial charge in [-0.15, -0.1) is 0 Å². The third kappa shape index (κ3) is 6.79. The highest BCUT2D eigenvalue weighted by atomic mass is 16.5. The van der Waals surface area contributed by atoms with Crippen LogP contribution in [-0.2, 0) is 9.53 Å². The first-order valence-corrected chi connectivity index (χ1v) is 7.09. The largest absolute Gasteiger partial charge is 0.491 e. The normalized spacial score (nSPS) is 10.6. The molecule has 5 nitrogen and oxygen atoms in total. The molecule has 0 bridgehead atoms. The fraction of sp³-hybridized carbons (Fsp3) is 0.500. The molecular weight excluding hydrogens is 270 g/mol. The molecule has 0 aliphatic carbocycles. The van der Waals surface area contributed by atoms with Gasteiger partial charge in [0.05, 0.1) is 11.7 Å². The molecule has 0 atom stereocenters. The van der Waals surface area contributed by atoms with E-state index in [2.05, 4.69) is 5.32 Å². The number of rotatable bonds is 7. The van der Waals surface area contributed by atoms with Crippen molar-refractivity contribution in [2.45, 2.75) is 33.8 Å². The number of carbonyl (C=O) groups is 2. The number of ether oxygens (including phenoxy) is 2. The van der Waals surface area contributed by atoms with Crippen molar-refractivity contribution in [3.63, 3.8) is 0 Å². The monoisotopic (exact) mass is 293 g/mol. The summed E-state index contributed by atoms with van der Waals surface area (Å²) in [4.78, 5) is 23.2. The number of hydrogen-bond donors (Lipinski definition) is 1. The summed E-state index contributed by atoms with van der Waals surface area (Å²) in [5.41, 5.74) is 0.391. The highest BCUT2D eigenvalue weighted by Gasteiger charge is 2.10. The lowest BCUT2D eigenvalue weighted by Crippen LogP contribution is -2.31. The Bertz CT molecular complexity index is 466. The van der Waals surface area contributed by atoms with Gasteiger partial charge in [-0.25, -0.2) is 4.79 Å². The lowest BCUT2D eigenvalue weighted by molar-refractivity contribution is -0.124. The van der Waals surface area contributed by atoms with Crippen LogP contribution in [0.4, 0.5) is 0 Å². The second kappa shape index (κ2) is 8.29. The molecule has 0 aliphatic heterocycles. The SMILES string of the molecule is CC(C)CNC(=O)COC(=O)c1ccc(OC(C)C)cc1. The Morgan fingerprint density at radius 3 is 2.24 bits per heavy atom. The molecule has 0 aliphatic rings.